The van der Waals surface area contributed by atoms with E-state index in [1.165, 1.54) is 0 Å². The smallest absolute Gasteiger partial charge is 0.227 e. The van der Waals surface area contributed by atoms with E-state index in [0.29, 0.717) is 19.6 Å². The number of rotatable bonds is 2. The molecule has 4 heteroatoms. The summed E-state index contributed by atoms with van der Waals surface area (Å²) in [4.78, 5) is 14.1. The molecule has 0 aliphatic carbocycles. The first-order chi connectivity index (χ1) is 9.24. The monoisotopic (exact) mass is 261 g/mol. The minimum atomic E-state index is 0.220. The summed E-state index contributed by atoms with van der Waals surface area (Å²) in [5, 5.41) is 0. The van der Waals surface area contributed by atoms with E-state index < -0.39 is 0 Å². The number of carbonyl (C=O) groups excluding carboxylic acids is 1. The Morgan fingerprint density at radius 1 is 1.16 bits per heavy atom. The molecule has 0 spiro atoms. The first-order valence-corrected chi connectivity index (χ1v) is 6.91. The van der Waals surface area contributed by atoms with Crippen molar-refractivity contribution in [3.8, 4) is 11.5 Å². The third kappa shape index (κ3) is 2.53. The summed E-state index contributed by atoms with van der Waals surface area (Å²) >= 11 is 0. The molecule has 102 valence electrons. The van der Waals surface area contributed by atoms with E-state index in [2.05, 4.69) is 0 Å². The molecule has 4 nitrogen and oxygen atoms in total. The lowest BCUT2D eigenvalue weighted by molar-refractivity contribution is -0.129. The Hall–Kier alpha value is -1.71. The SMILES string of the molecule is Cc1cc2c(cc1CC(=O)N1CCCC1)OCCO2. The molecule has 1 aromatic carbocycles. The standard InChI is InChI=1S/C15H19NO3/c1-11-8-13-14(19-7-6-18-13)9-12(11)10-15(17)16-4-2-3-5-16/h8-9H,2-7,10H2,1H3. The maximum atomic E-state index is 12.2. The summed E-state index contributed by atoms with van der Waals surface area (Å²) in [5.74, 6) is 1.78. The number of nitrogens with zero attached hydrogens (tertiary/aromatic N) is 1. The Morgan fingerprint density at radius 2 is 1.79 bits per heavy atom. The van der Waals surface area contributed by atoms with Crippen LogP contribution in [0.2, 0.25) is 0 Å². The van der Waals surface area contributed by atoms with Gasteiger partial charge in [0.05, 0.1) is 6.42 Å². The van der Waals surface area contributed by atoms with Gasteiger partial charge < -0.3 is 14.4 Å². The molecule has 2 aliphatic heterocycles. The van der Waals surface area contributed by atoms with E-state index in [1.54, 1.807) is 0 Å². The maximum absolute atomic E-state index is 12.2. The van der Waals surface area contributed by atoms with E-state index in [0.717, 1.165) is 48.6 Å². The highest BCUT2D eigenvalue weighted by Crippen LogP contribution is 2.33. The van der Waals surface area contributed by atoms with Crippen molar-refractivity contribution < 1.29 is 14.3 Å². The van der Waals surface area contributed by atoms with Crippen molar-refractivity contribution in [2.24, 2.45) is 0 Å². The van der Waals surface area contributed by atoms with Crippen LogP contribution in [0, 0.1) is 6.92 Å². The second-order valence-electron chi connectivity index (χ2n) is 5.19. The largest absolute Gasteiger partial charge is 0.486 e. The lowest BCUT2D eigenvalue weighted by Gasteiger charge is -2.21. The highest BCUT2D eigenvalue weighted by atomic mass is 16.6. The van der Waals surface area contributed by atoms with Crippen molar-refractivity contribution in [1.82, 2.24) is 4.90 Å². The third-order valence-corrected chi connectivity index (χ3v) is 3.80. The minimum absolute atomic E-state index is 0.220. The quantitative estimate of drug-likeness (QED) is 0.816. The molecule has 0 N–H and O–H groups in total. The summed E-state index contributed by atoms with van der Waals surface area (Å²) in [6.45, 7) is 5.00. The van der Waals surface area contributed by atoms with Crippen LogP contribution in [0.1, 0.15) is 24.0 Å². The molecule has 0 bridgehead atoms. The van der Waals surface area contributed by atoms with Crippen LogP contribution in [0.15, 0.2) is 12.1 Å². The van der Waals surface area contributed by atoms with Gasteiger partial charge in [0.2, 0.25) is 5.91 Å². The van der Waals surface area contributed by atoms with Crippen molar-refractivity contribution >= 4 is 5.91 Å². The van der Waals surface area contributed by atoms with Crippen molar-refractivity contribution in [2.75, 3.05) is 26.3 Å². The topological polar surface area (TPSA) is 38.8 Å². The number of likely N-dealkylation sites (tertiary alicyclic amines) is 1. The van der Waals surface area contributed by atoms with Gasteiger partial charge in [-0.15, -0.1) is 0 Å². The average molecular weight is 261 g/mol. The molecule has 1 fully saturated rings. The zero-order chi connectivity index (χ0) is 13.2. The molecular formula is C15H19NO3. The lowest BCUT2D eigenvalue weighted by atomic mass is 10.0. The number of aryl methyl sites for hydroxylation is 1. The second-order valence-corrected chi connectivity index (χ2v) is 5.19. The number of hydrogen-bond acceptors (Lipinski definition) is 3. The third-order valence-electron chi connectivity index (χ3n) is 3.80. The fraction of sp³-hybridized carbons (Fsp3) is 0.533. The highest BCUT2D eigenvalue weighted by Gasteiger charge is 2.20. The number of fused-ring (bicyclic) bond motifs is 1. The van der Waals surface area contributed by atoms with E-state index in [-0.39, 0.29) is 5.91 Å². The van der Waals surface area contributed by atoms with Gasteiger partial charge in [-0.05, 0) is 43.0 Å². The fourth-order valence-corrected chi connectivity index (χ4v) is 2.66. The molecule has 1 aromatic rings. The summed E-state index contributed by atoms with van der Waals surface area (Å²) < 4.78 is 11.1. The van der Waals surface area contributed by atoms with Gasteiger partial charge in [0.25, 0.3) is 0 Å². The van der Waals surface area contributed by atoms with E-state index >= 15 is 0 Å². The molecule has 0 radical (unpaired) electrons. The van der Waals surface area contributed by atoms with Crippen molar-refractivity contribution in [2.45, 2.75) is 26.2 Å². The Kier molecular flexibility index (Phi) is 3.32. The second kappa shape index (κ2) is 5.11. The van der Waals surface area contributed by atoms with Crippen molar-refractivity contribution in [1.29, 1.82) is 0 Å². The molecule has 0 unspecified atom stereocenters. The van der Waals surface area contributed by atoms with Crippen LogP contribution < -0.4 is 9.47 Å². The van der Waals surface area contributed by atoms with Crippen LogP contribution in [-0.4, -0.2) is 37.1 Å². The summed E-state index contributed by atoms with van der Waals surface area (Å²) in [6.07, 6.45) is 2.72. The van der Waals surface area contributed by atoms with E-state index in [1.807, 2.05) is 24.0 Å². The number of ether oxygens (including phenoxy) is 2. The van der Waals surface area contributed by atoms with Gasteiger partial charge >= 0.3 is 0 Å². The summed E-state index contributed by atoms with van der Waals surface area (Å²) in [6, 6.07) is 3.93. The lowest BCUT2D eigenvalue weighted by Crippen LogP contribution is -2.29. The van der Waals surface area contributed by atoms with Gasteiger partial charge in [0.15, 0.2) is 11.5 Å². The van der Waals surface area contributed by atoms with E-state index in [4.69, 9.17) is 9.47 Å². The molecule has 19 heavy (non-hydrogen) atoms. The average Bonchev–Trinajstić information content (AvgIpc) is 2.93. The predicted molar refractivity (Wildman–Crippen MR) is 71.7 cm³/mol. The van der Waals surface area contributed by atoms with Gasteiger partial charge in [-0.3, -0.25) is 4.79 Å². The Balaban J connectivity index is 1.78. The predicted octanol–water partition coefficient (Wildman–Crippen LogP) is 1.93. The molecule has 0 atom stereocenters. The van der Waals surface area contributed by atoms with Crippen LogP contribution in [0.3, 0.4) is 0 Å². The van der Waals surface area contributed by atoms with Crippen LogP contribution in [0.4, 0.5) is 0 Å². The van der Waals surface area contributed by atoms with Crippen molar-refractivity contribution in [3.05, 3.63) is 23.3 Å². The first kappa shape index (κ1) is 12.3. The molecule has 3 rings (SSSR count). The van der Waals surface area contributed by atoms with Gasteiger partial charge in [0.1, 0.15) is 13.2 Å². The van der Waals surface area contributed by atoms with E-state index in [9.17, 15) is 4.79 Å². The van der Waals surface area contributed by atoms with Crippen LogP contribution in [0.25, 0.3) is 0 Å². The van der Waals surface area contributed by atoms with Gasteiger partial charge in [-0.1, -0.05) is 0 Å². The number of carbonyl (C=O) groups is 1. The zero-order valence-electron chi connectivity index (χ0n) is 11.3. The molecule has 1 amide bonds. The summed E-state index contributed by atoms with van der Waals surface area (Å²) in [5.41, 5.74) is 2.14. The van der Waals surface area contributed by atoms with Gasteiger partial charge in [0, 0.05) is 13.1 Å². The molecule has 2 heterocycles. The van der Waals surface area contributed by atoms with Crippen LogP contribution >= 0.6 is 0 Å². The Labute approximate surface area is 113 Å². The van der Waals surface area contributed by atoms with Crippen LogP contribution in [0.5, 0.6) is 11.5 Å². The molecule has 2 aliphatic rings. The summed E-state index contributed by atoms with van der Waals surface area (Å²) in [7, 11) is 0. The Morgan fingerprint density at radius 3 is 2.47 bits per heavy atom. The fourth-order valence-electron chi connectivity index (χ4n) is 2.66. The minimum Gasteiger partial charge on any atom is -0.486 e. The van der Waals surface area contributed by atoms with Crippen molar-refractivity contribution in [3.63, 3.8) is 0 Å². The number of hydrogen-bond donors (Lipinski definition) is 0. The van der Waals surface area contributed by atoms with Gasteiger partial charge in [-0.2, -0.15) is 0 Å². The first-order valence-electron chi connectivity index (χ1n) is 6.91. The number of amides is 1. The Bertz CT molecular complexity index is 492. The molecule has 0 saturated carbocycles. The highest BCUT2D eigenvalue weighted by molar-refractivity contribution is 5.79. The zero-order valence-corrected chi connectivity index (χ0v) is 11.3. The molecular weight excluding hydrogens is 242 g/mol. The van der Waals surface area contributed by atoms with Gasteiger partial charge in [-0.25, -0.2) is 0 Å². The molecule has 0 aromatic heterocycles. The maximum Gasteiger partial charge on any atom is 0.227 e. The van der Waals surface area contributed by atoms with Crippen LogP contribution in [-0.2, 0) is 11.2 Å². The number of benzene rings is 1. The normalized spacial score (nSPS) is 17.6. The molecule has 1 saturated heterocycles.